The monoisotopic (exact) mass is 520 g/mol. The maximum absolute atomic E-state index is 12.9. The lowest BCUT2D eigenvalue weighted by Gasteiger charge is -2.19. The normalized spacial score (nSPS) is 11.4. The van der Waals surface area contributed by atoms with Crippen molar-refractivity contribution < 1.29 is 27.2 Å². The quantitative estimate of drug-likeness (QED) is 0.345. The third kappa shape index (κ3) is 5.26. The van der Waals surface area contributed by atoms with Gasteiger partial charge in [0.25, 0.3) is 5.91 Å². The van der Waals surface area contributed by atoms with Gasteiger partial charge in [0, 0.05) is 29.3 Å². The van der Waals surface area contributed by atoms with Crippen LogP contribution < -0.4 is 10.1 Å². The van der Waals surface area contributed by atoms with Crippen LogP contribution in [0.15, 0.2) is 74.6 Å². The van der Waals surface area contributed by atoms with Crippen LogP contribution in [0.1, 0.15) is 34.8 Å². The third-order valence-electron chi connectivity index (χ3n) is 4.54. The van der Waals surface area contributed by atoms with E-state index in [1.165, 1.54) is 40.9 Å². The number of nitrogens with zero attached hydrogens (tertiary/aromatic N) is 1. The molecule has 0 fully saturated rings. The number of furan rings is 1. The van der Waals surface area contributed by atoms with E-state index in [-0.39, 0.29) is 22.0 Å². The van der Waals surface area contributed by atoms with E-state index >= 15 is 0 Å². The predicted octanol–water partition coefficient (Wildman–Crippen LogP) is 4.54. The van der Waals surface area contributed by atoms with Crippen LogP contribution >= 0.6 is 15.9 Å². The molecule has 1 aromatic heterocycles. The molecule has 1 N–H and O–H groups in total. The van der Waals surface area contributed by atoms with Crippen LogP contribution in [0.4, 0.5) is 5.69 Å². The fraction of sp³-hybridized carbons (Fsp3) is 0.182. The van der Waals surface area contributed by atoms with E-state index in [9.17, 15) is 18.0 Å². The summed E-state index contributed by atoms with van der Waals surface area (Å²) in [7, 11) is -3.78. The molecular formula is C22H21BrN2O6S. The van der Waals surface area contributed by atoms with E-state index in [4.69, 9.17) is 9.15 Å². The van der Waals surface area contributed by atoms with Gasteiger partial charge in [-0.05, 0) is 58.4 Å². The number of carbonyl (C=O) groups excluding carboxylic acids is 2. The standard InChI is InChI=1S/C22H21BrN2O6S/c1-3-25(4-2)32(28,29)20-13-15(10-11-18(20)23)22(27)31-17-8-5-7-16(14-17)24-21(26)19-9-6-12-30-19/h5-14H,3-4H2,1-2H3,(H,24,26). The molecule has 8 nitrogen and oxygen atoms in total. The number of carbonyl (C=O) groups is 2. The summed E-state index contributed by atoms with van der Waals surface area (Å²) in [5, 5.41) is 2.64. The van der Waals surface area contributed by atoms with Gasteiger partial charge in [-0.25, -0.2) is 13.2 Å². The maximum Gasteiger partial charge on any atom is 0.343 e. The van der Waals surface area contributed by atoms with Gasteiger partial charge >= 0.3 is 5.97 Å². The highest BCUT2D eigenvalue weighted by molar-refractivity contribution is 9.10. The Morgan fingerprint density at radius 1 is 1.06 bits per heavy atom. The van der Waals surface area contributed by atoms with Gasteiger partial charge in [0.2, 0.25) is 10.0 Å². The zero-order valence-electron chi connectivity index (χ0n) is 17.4. The van der Waals surface area contributed by atoms with Crippen LogP contribution in [0.2, 0.25) is 0 Å². The van der Waals surface area contributed by atoms with E-state index in [0.29, 0.717) is 23.2 Å². The van der Waals surface area contributed by atoms with Crippen molar-refractivity contribution in [2.24, 2.45) is 0 Å². The summed E-state index contributed by atoms with van der Waals surface area (Å²) in [4.78, 5) is 24.8. The van der Waals surface area contributed by atoms with Gasteiger partial charge in [-0.1, -0.05) is 19.9 Å². The van der Waals surface area contributed by atoms with Crippen molar-refractivity contribution in [2.75, 3.05) is 18.4 Å². The minimum absolute atomic E-state index is 0.0184. The molecule has 0 aliphatic heterocycles. The number of anilines is 1. The average molecular weight is 521 g/mol. The molecule has 0 saturated carbocycles. The Kier molecular flexibility index (Phi) is 7.49. The molecule has 1 heterocycles. The van der Waals surface area contributed by atoms with E-state index in [1.807, 2.05) is 0 Å². The Labute approximate surface area is 194 Å². The molecule has 3 rings (SSSR count). The first-order valence-electron chi connectivity index (χ1n) is 9.73. The Bertz CT molecular complexity index is 1220. The van der Waals surface area contributed by atoms with Crippen LogP contribution in [-0.4, -0.2) is 37.7 Å². The van der Waals surface area contributed by atoms with Crippen LogP contribution in [0.5, 0.6) is 5.75 Å². The SMILES string of the molecule is CCN(CC)S(=O)(=O)c1cc(C(=O)Oc2cccc(NC(=O)c3ccco3)c2)ccc1Br. The summed E-state index contributed by atoms with van der Waals surface area (Å²) in [5.74, 6) is -0.854. The molecule has 0 spiro atoms. The van der Waals surface area contributed by atoms with Crippen molar-refractivity contribution in [2.45, 2.75) is 18.7 Å². The predicted molar refractivity (Wildman–Crippen MR) is 122 cm³/mol. The van der Waals surface area contributed by atoms with Crippen LogP contribution in [0.3, 0.4) is 0 Å². The second-order valence-corrected chi connectivity index (χ2v) is 9.34. The molecule has 0 atom stereocenters. The van der Waals surface area contributed by atoms with Crippen molar-refractivity contribution in [3.8, 4) is 5.75 Å². The number of rotatable bonds is 8. The number of nitrogens with one attached hydrogen (secondary N) is 1. The van der Waals surface area contributed by atoms with E-state index < -0.39 is 21.9 Å². The topological polar surface area (TPSA) is 106 Å². The van der Waals surface area contributed by atoms with Gasteiger partial charge < -0.3 is 14.5 Å². The second kappa shape index (κ2) is 10.1. The van der Waals surface area contributed by atoms with E-state index in [2.05, 4.69) is 21.2 Å². The first-order valence-corrected chi connectivity index (χ1v) is 12.0. The molecule has 0 radical (unpaired) electrons. The molecule has 10 heteroatoms. The summed E-state index contributed by atoms with van der Waals surface area (Å²) in [6.45, 7) is 4.09. The van der Waals surface area contributed by atoms with E-state index in [0.717, 1.165) is 0 Å². The Balaban J connectivity index is 1.80. The molecule has 0 aliphatic rings. The first kappa shape index (κ1) is 23.7. The van der Waals surface area contributed by atoms with Gasteiger partial charge in [-0.15, -0.1) is 0 Å². The minimum Gasteiger partial charge on any atom is -0.459 e. The summed E-state index contributed by atoms with van der Waals surface area (Å²) < 4.78 is 37.9. The number of esters is 1. The Morgan fingerprint density at radius 2 is 1.81 bits per heavy atom. The zero-order chi connectivity index (χ0) is 23.3. The minimum atomic E-state index is -3.78. The number of halogens is 1. The molecule has 0 aliphatic carbocycles. The first-order chi connectivity index (χ1) is 15.3. The number of hydrogen-bond acceptors (Lipinski definition) is 6. The highest BCUT2D eigenvalue weighted by Gasteiger charge is 2.25. The lowest BCUT2D eigenvalue weighted by Crippen LogP contribution is -2.31. The molecule has 3 aromatic rings. The van der Waals surface area contributed by atoms with Gasteiger partial charge in [0.05, 0.1) is 16.7 Å². The molecule has 0 saturated heterocycles. The smallest absolute Gasteiger partial charge is 0.343 e. The zero-order valence-corrected chi connectivity index (χ0v) is 19.8. The Hall–Kier alpha value is -2.95. The van der Waals surface area contributed by atoms with Crippen molar-refractivity contribution in [3.05, 3.63) is 76.7 Å². The average Bonchev–Trinajstić information content (AvgIpc) is 3.30. The fourth-order valence-corrected chi connectivity index (χ4v) is 5.34. The van der Waals surface area contributed by atoms with Crippen LogP contribution in [0, 0.1) is 0 Å². The molecular weight excluding hydrogens is 500 g/mol. The lowest BCUT2D eigenvalue weighted by molar-refractivity contribution is 0.0734. The highest BCUT2D eigenvalue weighted by atomic mass is 79.9. The number of amides is 1. The molecule has 2 aromatic carbocycles. The van der Waals surface area contributed by atoms with E-state index in [1.54, 1.807) is 38.1 Å². The number of hydrogen-bond donors (Lipinski definition) is 1. The molecule has 32 heavy (non-hydrogen) atoms. The highest BCUT2D eigenvalue weighted by Crippen LogP contribution is 2.27. The van der Waals surface area contributed by atoms with Crippen molar-refractivity contribution in [1.82, 2.24) is 4.31 Å². The van der Waals surface area contributed by atoms with Crippen molar-refractivity contribution >= 4 is 43.5 Å². The Morgan fingerprint density at radius 3 is 2.47 bits per heavy atom. The summed E-state index contributed by atoms with van der Waals surface area (Å²) >= 11 is 3.25. The molecule has 168 valence electrons. The molecule has 1 amide bonds. The summed E-state index contributed by atoms with van der Waals surface area (Å²) in [6.07, 6.45) is 1.39. The second-order valence-electron chi connectivity index (χ2n) is 6.58. The maximum atomic E-state index is 12.9. The molecule has 0 unspecified atom stereocenters. The summed E-state index contributed by atoms with van der Waals surface area (Å²) in [6, 6.07) is 13.6. The van der Waals surface area contributed by atoms with Crippen LogP contribution in [0.25, 0.3) is 0 Å². The van der Waals surface area contributed by atoms with Gasteiger partial charge in [-0.3, -0.25) is 4.79 Å². The largest absolute Gasteiger partial charge is 0.459 e. The van der Waals surface area contributed by atoms with Crippen LogP contribution in [-0.2, 0) is 10.0 Å². The lowest BCUT2D eigenvalue weighted by atomic mass is 10.2. The fourth-order valence-electron chi connectivity index (χ4n) is 2.93. The number of sulfonamides is 1. The number of ether oxygens (including phenoxy) is 1. The van der Waals surface area contributed by atoms with Crippen molar-refractivity contribution in [1.29, 1.82) is 0 Å². The van der Waals surface area contributed by atoms with Gasteiger partial charge in [0.15, 0.2) is 5.76 Å². The molecule has 0 bridgehead atoms. The number of benzene rings is 2. The summed E-state index contributed by atoms with van der Waals surface area (Å²) in [5.41, 5.74) is 0.473. The third-order valence-corrected chi connectivity index (χ3v) is 7.58. The van der Waals surface area contributed by atoms with Gasteiger partial charge in [0.1, 0.15) is 5.75 Å². The van der Waals surface area contributed by atoms with Crippen molar-refractivity contribution in [3.63, 3.8) is 0 Å². The van der Waals surface area contributed by atoms with Gasteiger partial charge in [-0.2, -0.15) is 4.31 Å².